The lowest BCUT2D eigenvalue weighted by Crippen LogP contribution is -2.50. The highest BCUT2D eigenvalue weighted by molar-refractivity contribution is 6.79. The SMILES string of the molecule is CCCC[C@@H](O)C[C@@H](c1ccccc1)[Si](C)(C)CN1CCC[C@H]1COC. The van der Waals surface area contributed by atoms with Gasteiger partial charge in [-0.15, -0.1) is 0 Å². The summed E-state index contributed by atoms with van der Waals surface area (Å²) in [4.78, 5) is 2.67. The molecule has 0 bridgehead atoms. The zero-order chi connectivity index (χ0) is 19.0. The Hall–Kier alpha value is -0.683. The molecule has 0 radical (unpaired) electrons. The van der Waals surface area contributed by atoms with E-state index in [2.05, 4.69) is 55.2 Å². The maximum absolute atomic E-state index is 10.7. The Balaban J connectivity index is 2.13. The summed E-state index contributed by atoms with van der Waals surface area (Å²) in [6, 6.07) is 11.5. The summed E-state index contributed by atoms with van der Waals surface area (Å²) in [6.45, 7) is 9.27. The minimum atomic E-state index is -1.60. The first-order valence-electron chi connectivity index (χ1n) is 10.4. The van der Waals surface area contributed by atoms with Crippen molar-refractivity contribution >= 4 is 8.07 Å². The second kappa shape index (κ2) is 10.6. The Morgan fingerprint density at radius 2 is 2.00 bits per heavy atom. The monoisotopic (exact) mass is 377 g/mol. The van der Waals surface area contributed by atoms with Crippen LogP contribution < -0.4 is 0 Å². The van der Waals surface area contributed by atoms with Gasteiger partial charge in [-0.2, -0.15) is 0 Å². The summed E-state index contributed by atoms with van der Waals surface area (Å²) in [5.41, 5.74) is 1.92. The zero-order valence-corrected chi connectivity index (χ0v) is 18.3. The van der Waals surface area contributed by atoms with Crippen LogP contribution in [-0.2, 0) is 4.74 Å². The number of unbranched alkanes of at least 4 members (excludes halogenated alkanes) is 1. The Bertz CT molecular complexity index is 508. The number of aliphatic hydroxyl groups is 1. The van der Waals surface area contributed by atoms with Crippen LogP contribution in [0.2, 0.25) is 13.1 Å². The van der Waals surface area contributed by atoms with Gasteiger partial charge >= 0.3 is 0 Å². The van der Waals surface area contributed by atoms with Crippen LogP contribution in [0, 0.1) is 0 Å². The van der Waals surface area contributed by atoms with Crippen LogP contribution >= 0.6 is 0 Å². The molecule has 1 aliphatic heterocycles. The van der Waals surface area contributed by atoms with E-state index in [0.717, 1.165) is 32.3 Å². The van der Waals surface area contributed by atoms with Crippen LogP contribution in [0.5, 0.6) is 0 Å². The molecule has 3 nitrogen and oxygen atoms in total. The average molecular weight is 378 g/mol. The smallest absolute Gasteiger partial charge is 0.0705 e. The van der Waals surface area contributed by atoms with Crippen molar-refractivity contribution in [2.45, 2.75) is 76.2 Å². The lowest BCUT2D eigenvalue weighted by Gasteiger charge is -2.39. The number of likely N-dealkylation sites (tertiary alicyclic amines) is 1. The van der Waals surface area contributed by atoms with Gasteiger partial charge in [0.05, 0.1) is 20.8 Å². The summed E-state index contributed by atoms with van der Waals surface area (Å²) < 4.78 is 5.46. The highest BCUT2D eigenvalue weighted by Crippen LogP contribution is 2.34. The molecule has 148 valence electrons. The Kier molecular flexibility index (Phi) is 8.81. The van der Waals surface area contributed by atoms with E-state index < -0.39 is 8.07 Å². The highest BCUT2D eigenvalue weighted by Gasteiger charge is 2.38. The fourth-order valence-corrected chi connectivity index (χ4v) is 8.23. The molecule has 0 spiro atoms. The summed E-state index contributed by atoms with van der Waals surface area (Å²) >= 11 is 0. The summed E-state index contributed by atoms with van der Waals surface area (Å²) in [5.74, 6) is 0. The number of rotatable bonds is 11. The second-order valence-corrected chi connectivity index (χ2v) is 13.7. The van der Waals surface area contributed by atoms with Gasteiger partial charge in [0.15, 0.2) is 0 Å². The zero-order valence-electron chi connectivity index (χ0n) is 17.3. The number of ether oxygens (including phenoxy) is 1. The topological polar surface area (TPSA) is 32.7 Å². The van der Waals surface area contributed by atoms with Gasteiger partial charge in [-0.05, 0) is 49.5 Å². The van der Waals surface area contributed by atoms with Crippen molar-refractivity contribution in [1.82, 2.24) is 4.90 Å². The van der Waals surface area contributed by atoms with Gasteiger partial charge in [0.25, 0.3) is 0 Å². The first-order chi connectivity index (χ1) is 12.5. The lowest BCUT2D eigenvalue weighted by molar-refractivity contribution is 0.123. The van der Waals surface area contributed by atoms with Crippen molar-refractivity contribution in [2.24, 2.45) is 0 Å². The molecule has 0 saturated carbocycles. The van der Waals surface area contributed by atoms with Crippen LogP contribution in [0.4, 0.5) is 0 Å². The third-order valence-corrected chi connectivity index (χ3v) is 9.69. The summed E-state index contributed by atoms with van der Waals surface area (Å²) in [7, 11) is 0.214. The van der Waals surface area contributed by atoms with Gasteiger partial charge in [-0.1, -0.05) is 63.2 Å². The fraction of sp³-hybridized carbons (Fsp3) is 0.727. The third-order valence-electron chi connectivity index (χ3n) is 6.01. The predicted octanol–water partition coefficient (Wildman–Crippen LogP) is 4.61. The normalized spacial score (nSPS) is 21.0. The van der Waals surface area contributed by atoms with Crippen LogP contribution in [0.1, 0.15) is 56.6 Å². The van der Waals surface area contributed by atoms with Crippen molar-refractivity contribution in [1.29, 1.82) is 0 Å². The highest BCUT2D eigenvalue weighted by atomic mass is 28.3. The molecule has 0 unspecified atom stereocenters. The van der Waals surface area contributed by atoms with E-state index in [-0.39, 0.29) is 6.10 Å². The third kappa shape index (κ3) is 6.19. The largest absolute Gasteiger partial charge is 0.393 e. The quantitative estimate of drug-likeness (QED) is 0.572. The standard InChI is InChI=1S/C22H39NO2Si/c1-5-6-14-21(24)16-22(19-11-8-7-9-12-19)26(3,4)18-23-15-10-13-20(23)17-25-2/h7-9,11-12,20-22,24H,5-6,10,13-18H2,1-4H3/t20-,21+,22-/m0/s1. The molecule has 1 aliphatic rings. The van der Waals surface area contributed by atoms with Crippen molar-refractivity contribution in [3.05, 3.63) is 35.9 Å². The van der Waals surface area contributed by atoms with Crippen LogP contribution in [-0.4, -0.2) is 56.7 Å². The molecule has 4 heteroatoms. The Labute approximate surface area is 161 Å². The molecule has 3 atom stereocenters. The predicted molar refractivity (Wildman–Crippen MR) is 113 cm³/mol. The van der Waals surface area contributed by atoms with Crippen LogP contribution in [0.25, 0.3) is 0 Å². The van der Waals surface area contributed by atoms with E-state index in [1.807, 2.05) is 7.11 Å². The van der Waals surface area contributed by atoms with E-state index in [1.165, 1.54) is 31.1 Å². The molecule has 0 amide bonds. The molecular weight excluding hydrogens is 338 g/mol. The van der Waals surface area contributed by atoms with Gasteiger partial charge in [0.1, 0.15) is 0 Å². The molecule has 1 heterocycles. The molecule has 0 aromatic heterocycles. The number of hydrogen-bond acceptors (Lipinski definition) is 3. The molecular formula is C22H39NO2Si. The number of benzene rings is 1. The Morgan fingerprint density at radius 1 is 1.27 bits per heavy atom. The van der Waals surface area contributed by atoms with E-state index in [9.17, 15) is 5.11 Å². The molecule has 1 aromatic carbocycles. The van der Waals surface area contributed by atoms with Crippen molar-refractivity contribution < 1.29 is 9.84 Å². The van der Waals surface area contributed by atoms with E-state index in [4.69, 9.17) is 4.74 Å². The van der Waals surface area contributed by atoms with Gasteiger partial charge in [-0.25, -0.2) is 0 Å². The minimum absolute atomic E-state index is 0.180. The first kappa shape index (κ1) is 21.6. The van der Waals surface area contributed by atoms with Gasteiger partial charge in [0, 0.05) is 13.2 Å². The number of nitrogens with zero attached hydrogens (tertiary/aromatic N) is 1. The van der Waals surface area contributed by atoms with Gasteiger partial charge in [-0.3, -0.25) is 0 Å². The van der Waals surface area contributed by atoms with Crippen molar-refractivity contribution in [2.75, 3.05) is 26.4 Å². The van der Waals surface area contributed by atoms with E-state index in [0.29, 0.717) is 11.6 Å². The van der Waals surface area contributed by atoms with Crippen molar-refractivity contribution in [3.8, 4) is 0 Å². The van der Waals surface area contributed by atoms with Crippen LogP contribution in [0.15, 0.2) is 30.3 Å². The van der Waals surface area contributed by atoms with E-state index >= 15 is 0 Å². The molecule has 1 N–H and O–H groups in total. The molecule has 1 aromatic rings. The first-order valence-corrected chi connectivity index (χ1v) is 13.7. The van der Waals surface area contributed by atoms with Crippen LogP contribution in [0.3, 0.4) is 0 Å². The molecule has 26 heavy (non-hydrogen) atoms. The Morgan fingerprint density at radius 3 is 2.65 bits per heavy atom. The number of hydrogen-bond donors (Lipinski definition) is 1. The molecule has 0 aliphatic carbocycles. The summed E-state index contributed by atoms with van der Waals surface area (Å²) in [6.07, 6.45) is 7.67. The maximum atomic E-state index is 10.7. The maximum Gasteiger partial charge on any atom is 0.0705 e. The van der Waals surface area contributed by atoms with Crippen molar-refractivity contribution in [3.63, 3.8) is 0 Å². The van der Waals surface area contributed by atoms with Gasteiger partial charge < -0.3 is 14.7 Å². The molecule has 2 rings (SSSR count). The molecule has 1 saturated heterocycles. The minimum Gasteiger partial charge on any atom is -0.393 e. The van der Waals surface area contributed by atoms with E-state index in [1.54, 1.807) is 0 Å². The summed E-state index contributed by atoms with van der Waals surface area (Å²) in [5, 5.41) is 10.7. The second-order valence-electron chi connectivity index (χ2n) is 8.71. The lowest BCUT2D eigenvalue weighted by atomic mass is 10.0. The average Bonchev–Trinajstić information content (AvgIpc) is 3.05. The molecule has 1 fully saturated rings. The fourth-order valence-electron chi connectivity index (χ4n) is 4.54. The number of methoxy groups -OCH3 is 1. The van der Waals surface area contributed by atoms with Gasteiger partial charge in [0.2, 0.25) is 0 Å². The number of aliphatic hydroxyl groups excluding tert-OH is 1.